The number of piperidine rings is 1. The van der Waals surface area contributed by atoms with E-state index in [1.165, 1.54) is 0 Å². The molecule has 0 aliphatic carbocycles. The van der Waals surface area contributed by atoms with Crippen molar-refractivity contribution in [1.29, 1.82) is 0 Å². The van der Waals surface area contributed by atoms with E-state index in [2.05, 4.69) is 5.32 Å². The fraction of sp³-hybridized carbons (Fsp3) is 0.526. The van der Waals surface area contributed by atoms with Gasteiger partial charge in [-0.3, -0.25) is 9.59 Å². The number of amides is 3. The maximum Gasteiger partial charge on any atom is 0.409 e. The quantitative estimate of drug-likeness (QED) is 0.852. The Hall–Kier alpha value is -2.28. The van der Waals surface area contributed by atoms with Crippen LogP contribution in [0.4, 0.5) is 10.5 Å². The average Bonchev–Trinajstić information content (AvgIpc) is 3.05. The molecule has 2 heterocycles. The Morgan fingerprint density at radius 1 is 1.22 bits per heavy atom. The van der Waals surface area contributed by atoms with Crippen molar-refractivity contribution >= 4 is 35.2 Å². The summed E-state index contributed by atoms with van der Waals surface area (Å²) in [4.78, 5) is 39.9. The third-order valence-electron chi connectivity index (χ3n) is 5.00. The van der Waals surface area contributed by atoms with E-state index >= 15 is 0 Å². The predicted octanol–water partition coefficient (Wildman–Crippen LogP) is 2.43. The molecule has 2 saturated heterocycles. The summed E-state index contributed by atoms with van der Waals surface area (Å²) < 4.78 is 5.00. The Labute approximate surface area is 163 Å². The van der Waals surface area contributed by atoms with Gasteiger partial charge in [0.15, 0.2) is 0 Å². The number of ether oxygens (including phenoxy) is 1. The summed E-state index contributed by atoms with van der Waals surface area (Å²) in [5.41, 5.74) is 0.752. The van der Waals surface area contributed by atoms with Crippen LogP contribution in [0.2, 0.25) is 5.02 Å². The van der Waals surface area contributed by atoms with E-state index in [-0.39, 0.29) is 36.3 Å². The standard InChI is InChI=1S/C19H24ClN3O4/c1-2-27-19(26)22-9-7-15(8-10-22)21-18(25)13-11-17(24)23(12-13)16-5-3-14(20)4-6-16/h3-6,13,15H,2,7-12H2,1H3,(H,21,25)/t13-/m0/s1. The second-order valence-corrected chi connectivity index (χ2v) is 7.29. The lowest BCUT2D eigenvalue weighted by Gasteiger charge is -2.32. The molecule has 1 aromatic carbocycles. The second kappa shape index (κ2) is 8.61. The number of nitrogens with zero attached hydrogens (tertiary/aromatic N) is 2. The van der Waals surface area contributed by atoms with Gasteiger partial charge < -0.3 is 19.9 Å². The molecule has 7 nitrogen and oxygen atoms in total. The van der Waals surface area contributed by atoms with Gasteiger partial charge in [-0.15, -0.1) is 0 Å². The molecule has 0 spiro atoms. The van der Waals surface area contributed by atoms with Gasteiger partial charge in [-0.25, -0.2) is 4.79 Å². The number of hydrogen-bond acceptors (Lipinski definition) is 4. The van der Waals surface area contributed by atoms with Crippen molar-refractivity contribution in [2.75, 3.05) is 31.1 Å². The molecule has 0 unspecified atom stereocenters. The summed E-state index contributed by atoms with van der Waals surface area (Å²) in [6, 6.07) is 7.05. The molecule has 0 aromatic heterocycles. The first kappa shape index (κ1) is 19.5. The molecule has 3 amide bonds. The highest BCUT2D eigenvalue weighted by Crippen LogP contribution is 2.26. The topological polar surface area (TPSA) is 79.0 Å². The van der Waals surface area contributed by atoms with Gasteiger partial charge in [0.25, 0.3) is 0 Å². The summed E-state index contributed by atoms with van der Waals surface area (Å²) in [5.74, 6) is -0.528. The molecule has 0 saturated carbocycles. The Kier molecular flexibility index (Phi) is 6.21. The highest BCUT2D eigenvalue weighted by molar-refractivity contribution is 6.30. The van der Waals surface area contributed by atoms with Gasteiger partial charge in [0, 0.05) is 42.8 Å². The number of nitrogens with one attached hydrogen (secondary N) is 1. The van der Waals surface area contributed by atoms with E-state index in [1.54, 1.807) is 41.0 Å². The van der Waals surface area contributed by atoms with Gasteiger partial charge in [0.1, 0.15) is 0 Å². The van der Waals surface area contributed by atoms with E-state index in [0.29, 0.717) is 44.1 Å². The fourth-order valence-corrected chi connectivity index (χ4v) is 3.62. The van der Waals surface area contributed by atoms with Crippen LogP contribution in [-0.4, -0.2) is 55.1 Å². The van der Waals surface area contributed by atoms with Crippen LogP contribution >= 0.6 is 11.6 Å². The molecule has 3 rings (SSSR count). The van der Waals surface area contributed by atoms with Crippen LogP contribution < -0.4 is 10.2 Å². The van der Waals surface area contributed by atoms with E-state index < -0.39 is 0 Å². The minimum atomic E-state index is -0.365. The minimum Gasteiger partial charge on any atom is -0.450 e. The Balaban J connectivity index is 1.50. The second-order valence-electron chi connectivity index (χ2n) is 6.85. The molecule has 146 valence electrons. The molecule has 0 radical (unpaired) electrons. The zero-order chi connectivity index (χ0) is 19.4. The maximum atomic E-state index is 12.6. The smallest absolute Gasteiger partial charge is 0.409 e. The van der Waals surface area contributed by atoms with Crippen molar-refractivity contribution in [3.05, 3.63) is 29.3 Å². The number of anilines is 1. The lowest BCUT2D eigenvalue weighted by molar-refractivity contribution is -0.127. The Morgan fingerprint density at radius 3 is 2.52 bits per heavy atom. The third kappa shape index (κ3) is 4.71. The fourth-order valence-electron chi connectivity index (χ4n) is 3.49. The van der Waals surface area contributed by atoms with Crippen LogP contribution in [0.15, 0.2) is 24.3 Å². The lowest BCUT2D eigenvalue weighted by atomic mass is 10.0. The SMILES string of the molecule is CCOC(=O)N1CCC(NC(=O)[C@H]2CC(=O)N(c3ccc(Cl)cc3)C2)CC1. The number of benzene rings is 1. The van der Waals surface area contributed by atoms with Crippen molar-refractivity contribution < 1.29 is 19.1 Å². The number of carbonyl (C=O) groups excluding carboxylic acids is 3. The summed E-state index contributed by atoms with van der Waals surface area (Å²) in [5, 5.41) is 3.64. The third-order valence-corrected chi connectivity index (χ3v) is 5.25. The first-order valence-electron chi connectivity index (χ1n) is 9.26. The first-order chi connectivity index (χ1) is 13.0. The zero-order valence-corrected chi connectivity index (χ0v) is 16.1. The molecule has 2 aliphatic rings. The Morgan fingerprint density at radius 2 is 1.89 bits per heavy atom. The van der Waals surface area contributed by atoms with Gasteiger partial charge in [-0.2, -0.15) is 0 Å². The van der Waals surface area contributed by atoms with Crippen LogP contribution in [0.3, 0.4) is 0 Å². The van der Waals surface area contributed by atoms with Gasteiger partial charge in [-0.05, 0) is 44.0 Å². The Bertz CT molecular complexity index is 701. The highest BCUT2D eigenvalue weighted by Gasteiger charge is 2.36. The highest BCUT2D eigenvalue weighted by atomic mass is 35.5. The van der Waals surface area contributed by atoms with Crippen molar-refractivity contribution in [1.82, 2.24) is 10.2 Å². The predicted molar refractivity (Wildman–Crippen MR) is 102 cm³/mol. The van der Waals surface area contributed by atoms with Crippen LogP contribution in [0.25, 0.3) is 0 Å². The molecule has 1 atom stereocenters. The summed E-state index contributed by atoms with van der Waals surface area (Å²) >= 11 is 5.89. The number of carbonyl (C=O) groups is 3. The molecule has 27 heavy (non-hydrogen) atoms. The molecule has 1 N–H and O–H groups in total. The number of likely N-dealkylation sites (tertiary alicyclic amines) is 1. The number of hydrogen-bond donors (Lipinski definition) is 1. The van der Waals surface area contributed by atoms with E-state index in [4.69, 9.17) is 16.3 Å². The summed E-state index contributed by atoms with van der Waals surface area (Å²) in [7, 11) is 0. The minimum absolute atomic E-state index is 0.0165. The first-order valence-corrected chi connectivity index (χ1v) is 9.63. The summed E-state index contributed by atoms with van der Waals surface area (Å²) in [6.07, 6.45) is 1.27. The maximum absolute atomic E-state index is 12.6. The van der Waals surface area contributed by atoms with Crippen molar-refractivity contribution in [2.45, 2.75) is 32.2 Å². The van der Waals surface area contributed by atoms with E-state index in [0.717, 1.165) is 5.69 Å². The van der Waals surface area contributed by atoms with Crippen molar-refractivity contribution in [2.24, 2.45) is 5.92 Å². The molecule has 8 heteroatoms. The normalized spacial score (nSPS) is 20.7. The van der Waals surface area contributed by atoms with Crippen molar-refractivity contribution in [3.63, 3.8) is 0 Å². The van der Waals surface area contributed by atoms with Crippen molar-refractivity contribution in [3.8, 4) is 0 Å². The van der Waals surface area contributed by atoms with Crippen LogP contribution in [0.1, 0.15) is 26.2 Å². The van der Waals surface area contributed by atoms with Gasteiger partial charge >= 0.3 is 6.09 Å². The molecule has 2 fully saturated rings. The largest absolute Gasteiger partial charge is 0.450 e. The van der Waals surface area contributed by atoms with Crippen LogP contribution in [0, 0.1) is 5.92 Å². The van der Waals surface area contributed by atoms with Crippen LogP contribution in [0.5, 0.6) is 0 Å². The van der Waals surface area contributed by atoms with Gasteiger partial charge in [0.05, 0.1) is 12.5 Å². The van der Waals surface area contributed by atoms with Crippen LogP contribution in [-0.2, 0) is 14.3 Å². The van der Waals surface area contributed by atoms with Gasteiger partial charge in [0.2, 0.25) is 11.8 Å². The summed E-state index contributed by atoms with van der Waals surface area (Å²) in [6.45, 7) is 3.62. The molecule has 0 bridgehead atoms. The van der Waals surface area contributed by atoms with Gasteiger partial charge in [-0.1, -0.05) is 11.6 Å². The number of rotatable bonds is 4. The van der Waals surface area contributed by atoms with E-state index in [9.17, 15) is 14.4 Å². The average molecular weight is 394 g/mol. The van der Waals surface area contributed by atoms with E-state index in [1.807, 2.05) is 0 Å². The molecular formula is C19H24ClN3O4. The molecule has 1 aromatic rings. The molecular weight excluding hydrogens is 370 g/mol. The number of halogens is 1. The zero-order valence-electron chi connectivity index (χ0n) is 15.3. The lowest BCUT2D eigenvalue weighted by Crippen LogP contribution is -2.48. The monoisotopic (exact) mass is 393 g/mol. The molecule has 2 aliphatic heterocycles.